The molecular formula is C7H16N4O2S. The molecule has 1 atom stereocenters. The molecule has 0 aromatic carbocycles. The van der Waals surface area contributed by atoms with Crippen LogP contribution in [0, 0.1) is 5.41 Å². The number of nitrogens with two attached hydrogens (primary N) is 1. The summed E-state index contributed by atoms with van der Waals surface area (Å²) in [5.41, 5.74) is 5.32. The molecule has 0 spiro atoms. The molecule has 0 aliphatic carbocycles. The van der Waals surface area contributed by atoms with Gasteiger partial charge in [-0.2, -0.15) is 0 Å². The van der Waals surface area contributed by atoms with Gasteiger partial charge in [0.1, 0.15) is 5.37 Å². The summed E-state index contributed by atoms with van der Waals surface area (Å²) in [6.07, 6.45) is 0. The van der Waals surface area contributed by atoms with E-state index in [4.69, 9.17) is 11.1 Å². The summed E-state index contributed by atoms with van der Waals surface area (Å²) in [6.45, 7) is 4.22. The Labute approximate surface area is 85.1 Å². The minimum Gasteiger partial charge on any atom is -0.370 e. The number of hydrogen-bond donors (Lipinski definition) is 3. The Morgan fingerprint density at radius 3 is 2.21 bits per heavy atom. The first-order valence-electron chi connectivity index (χ1n) is 4.49. The molecule has 7 heteroatoms. The lowest BCUT2D eigenvalue weighted by Crippen LogP contribution is -2.53. The molecular weight excluding hydrogens is 204 g/mol. The summed E-state index contributed by atoms with van der Waals surface area (Å²) in [7, 11) is -2.39. The maximum absolute atomic E-state index is 10.7. The summed E-state index contributed by atoms with van der Waals surface area (Å²) in [5, 5.41) is 6.79. The molecule has 1 saturated heterocycles. The first kappa shape index (κ1) is 11.3. The topological polar surface area (TPSA) is 90.5 Å². The van der Waals surface area contributed by atoms with E-state index >= 15 is 0 Å². The van der Waals surface area contributed by atoms with Crippen LogP contribution in [0.3, 0.4) is 0 Å². The Morgan fingerprint density at radius 2 is 1.86 bits per heavy atom. The molecule has 14 heavy (non-hydrogen) atoms. The highest BCUT2D eigenvalue weighted by Gasteiger charge is 2.22. The van der Waals surface area contributed by atoms with Gasteiger partial charge in [-0.15, -0.1) is 0 Å². The van der Waals surface area contributed by atoms with E-state index in [1.807, 2.05) is 4.90 Å². The van der Waals surface area contributed by atoms with Gasteiger partial charge in [0, 0.05) is 26.2 Å². The fourth-order valence-corrected chi connectivity index (χ4v) is 1.97. The van der Waals surface area contributed by atoms with Gasteiger partial charge in [0.25, 0.3) is 0 Å². The fraction of sp³-hybridized carbons (Fsp3) is 0.857. The molecule has 1 heterocycles. The van der Waals surface area contributed by atoms with Gasteiger partial charge in [-0.25, -0.2) is 8.42 Å². The Hall–Kier alpha value is -0.820. The minimum atomic E-state index is -2.39. The molecule has 1 rings (SSSR count). The van der Waals surface area contributed by atoms with Gasteiger partial charge in [-0.05, 0) is 6.92 Å². The lowest BCUT2D eigenvalue weighted by molar-refractivity contribution is 0.172. The second kappa shape index (κ2) is 4.61. The van der Waals surface area contributed by atoms with Gasteiger partial charge < -0.3 is 10.6 Å². The van der Waals surface area contributed by atoms with E-state index in [1.54, 1.807) is 11.8 Å². The third-order valence-corrected chi connectivity index (χ3v) is 3.43. The summed E-state index contributed by atoms with van der Waals surface area (Å²) >= 11 is 0. The van der Waals surface area contributed by atoms with Crippen molar-refractivity contribution in [3.8, 4) is 0 Å². The van der Waals surface area contributed by atoms with Crippen LogP contribution in [0.1, 0.15) is 6.92 Å². The highest BCUT2D eigenvalue weighted by atomic mass is 32.2. The van der Waals surface area contributed by atoms with Gasteiger partial charge in [-0.1, -0.05) is 0 Å². The molecule has 1 fully saturated rings. The van der Waals surface area contributed by atoms with E-state index in [0.717, 1.165) is 0 Å². The summed E-state index contributed by atoms with van der Waals surface area (Å²) in [5.74, 6) is 0.0591. The Kier molecular flexibility index (Phi) is 3.70. The predicted octanol–water partition coefficient (Wildman–Crippen LogP) is -1.55. The zero-order chi connectivity index (χ0) is 10.7. The van der Waals surface area contributed by atoms with Crippen LogP contribution < -0.4 is 5.73 Å². The molecule has 82 valence electrons. The normalized spacial score (nSPS) is 21.1. The number of nitrogens with zero attached hydrogens (tertiary/aromatic N) is 2. The zero-order valence-electron chi connectivity index (χ0n) is 8.14. The van der Waals surface area contributed by atoms with Gasteiger partial charge in [-0.3, -0.25) is 10.3 Å². The van der Waals surface area contributed by atoms with Crippen LogP contribution in [0.4, 0.5) is 0 Å². The first-order chi connectivity index (χ1) is 6.52. The summed E-state index contributed by atoms with van der Waals surface area (Å²) in [4.78, 5) is 3.62. The van der Waals surface area contributed by atoms with Crippen molar-refractivity contribution in [1.82, 2.24) is 9.80 Å². The number of thiol groups is 1. The monoisotopic (exact) mass is 220 g/mol. The zero-order valence-corrected chi connectivity index (χ0v) is 9.04. The van der Waals surface area contributed by atoms with Crippen LogP contribution in [0.25, 0.3) is 0 Å². The van der Waals surface area contributed by atoms with Crippen molar-refractivity contribution >= 4 is 16.7 Å². The average molecular weight is 220 g/mol. The van der Waals surface area contributed by atoms with Crippen molar-refractivity contribution in [2.24, 2.45) is 5.73 Å². The number of piperazine rings is 1. The number of guanidine groups is 1. The molecule has 0 radical (unpaired) electrons. The predicted molar refractivity (Wildman–Crippen MR) is 54.8 cm³/mol. The maximum Gasteiger partial charge on any atom is 0.188 e. The molecule has 1 unspecified atom stereocenters. The molecule has 1 aliphatic heterocycles. The van der Waals surface area contributed by atoms with Crippen molar-refractivity contribution in [3.63, 3.8) is 0 Å². The number of hydrogen-bond acceptors (Lipinski definition) is 4. The molecule has 0 bridgehead atoms. The van der Waals surface area contributed by atoms with E-state index in [-0.39, 0.29) is 5.96 Å². The molecule has 0 saturated carbocycles. The lowest BCUT2D eigenvalue weighted by atomic mass is 10.3. The van der Waals surface area contributed by atoms with Crippen molar-refractivity contribution < 1.29 is 8.42 Å². The smallest absolute Gasteiger partial charge is 0.188 e. The van der Waals surface area contributed by atoms with Crippen molar-refractivity contribution in [3.05, 3.63) is 0 Å². The third kappa shape index (κ3) is 2.58. The van der Waals surface area contributed by atoms with Crippen molar-refractivity contribution in [2.75, 3.05) is 26.2 Å². The molecule has 0 aromatic rings. The van der Waals surface area contributed by atoms with Crippen LogP contribution in [0.2, 0.25) is 0 Å². The fourth-order valence-electron chi connectivity index (χ4n) is 1.47. The van der Waals surface area contributed by atoms with Crippen molar-refractivity contribution in [2.45, 2.75) is 12.3 Å². The quantitative estimate of drug-likeness (QED) is 0.298. The second-order valence-corrected chi connectivity index (χ2v) is 4.64. The van der Waals surface area contributed by atoms with Gasteiger partial charge in [0.15, 0.2) is 16.7 Å². The number of nitrogens with one attached hydrogen (secondary N) is 1. The second-order valence-electron chi connectivity index (χ2n) is 3.33. The standard InChI is InChI=1S/C7H16N4O2S/c1-6(14(12)13)10-2-4-11(5-3-10)7(8)9/h6,14H,2-5H2,1H3,(H3,8,9). The summed E-state index contributed by atoms with van der Waals surface area (Å²) in [6, 6.07) is 0. The van der Waals surface area contributed by atoms with E-state index in [2.05, 4.69) is 0 Å². The highest BCUT2D eigenvalue weighted by molar-refractivity contribution is 7.73. The SMILES string of the molecule is CC(N1CCN(C(=N)N)CC1)[SH](=O)=O. The first-order valence-corrected chi connectivity index (χ1v) is 5.73. The van der Waals surface area contributed by atoms with E-state index in [9.17, 15) is 8.42 Å². The maximum atomic E-state index is 10.7. The molecule has 3 N–H and O–H groups in total. The molecule has 1 aliphatic rings. The minimum absolute atomic E-state index is 0.0591. The highest BCUT2D eigenvalue weighted by Crippen LogP contribution is 2.05. The van der Waals surface area contributed by atoms with Crippen LogP contribution in [0.5, 0.6) is 0 Å². The van der Waals surface area contributed by atoms with Crippen LogP contribution in [-0.2, 0) is 10.7 Å². The van der Waals surface area contributed by atoms with Crippen LogP contribution in [-0.4, -0.2) is 55.7 Å². The van der Waals surface area contributed by atoms with Crippen molar-refractivity contribution in [1.29, 1.82) is 5.41 Å². The van der Waals surface area contributed by atoms with Gasteiger partial charge in [0.05, 0.1) is 0 Å². The molecule has 0 amide bonds. The average Bonchev–Trinajstić information content (AvgIpc) is 2.16. The van der Waals surface area contributed by atoms with Crippen LogP contribution >= 0.6 is 0 Å². The van der Waals surface area contributed by atoms with E-state index in [1.165, 1.54) is 0 Å². The lowest BCUT2D eigenvalue weighted by Gasteiger charge is -2.36. The Morgan fingerprint density at radius 1 is 1.36 bits per heavy atom. The third-order valence-electron chi connectivity index (χ3n) is 2.49. The summed E-state index contributed by atoms with van der Waals surface area (Å²) < 4.78 is 21.5. The Balaban J connectivity index is 2.47. The largest absolute Gasteiger partial charge is 0.370 e. The number of rotatable bonds is 2. The molecule has 0 aromatic heterocycles. The van der Waals surface area contributed by atoms with Crippen LogP contribution in [0.15, 0.2) is 0 Å². The van der Waals surface area contributed by atoms with E-state index < -0.39 is 16.1 Å². The molecule has 6 nitrogen and oxygen atoms in total. The van der Waals surface area contributed by atoms with Gasteiger partial charge in [0.2, 0.25) is 0 Å². The van der Waals surface area contributed by atoms with E-state index in [0.29, 0.717) is 26.2 Å². The van der Waals surface area contributed by atoms with Gasteiger partial charge >= 0.3 is 0 Å². The Bertz CT molecular complexity index is 275.